The van der Waals surface area contributed by atoms with E-state index in [1.807, 2.05) is 0 Å². The van der Waals surface area contributed by atoms with Gasteiger partial charge in [-0.1, -0.05) is 24.3 Å². The summed E-state index contributed by atoms with van der Waals surface area (Å²) in [7, 11) is 0. The molecule has 5 nitrogen and oxygen atoms in total. The monoisotopic (exact) mass is 287 g/mol. The van der Waals surface area contributed by atoms with Gasteiger partial charge in [0.25, 0.3) is 0 Å². The molecule has 0 unspecified atom stereocenters. The Kier molecular flexibility index (Phi) is 4.87. The predicted octanol–water partition coefficient (Wildman–Crippen LogP) is 2.21. The summed E-state index contributed by atoms with van der Waals surface area (Å²) in [6.45, 7) is 0.192. The van der Waals surface area contributed by atoms with Gasteiger partial charge in [0.1, 0.15) is 0 Å². The van der Waals surface area contributed by atoms with E-state index < -0.39 is 5.97 Å². The zero-order valence-electron chi connectivity index (χ0n) is 11.6. The van der Waals surface area contributed by atoms with Gasteiger partial charge in [0.05, 0.1) is 6.54 Å². The second-order valence-corrected chi connectivity index (χ2v) is 4.95. The van der Waals surface area contributed by atoms with Crippen LogP contribution in [0.15, 0.2) is 30.3 Å². The van der Waals surface area contributed by atoms with Gasteiger partial charge >= 0.3 is 5.97 Å². The Labute approximate surface area is 122 Å². The minimum atomic E-state index is -1.04. The average Bonchev–Trinajstić information content (AvgIpc) is 2.61. The van der Waals surface area contributed by atoms with E-state index >= 15 is 0 Å². The predicted molar refractivity (Wildman–Crippen MR) is 77.1 cm³/mol. The van der Waals surface area contributed by atoms with E-state index in [4.69, 9.17) is 5.11 Å². The number of hydrogen-bond donors (Lipinski definition) is 1. The van der Waals surface area contributed by atoms with E-state index in [-0.39, 0.29) is 18.4 Å². The molecule has 1 N–H and O–H groups in total. The Morgan fingerprint density at radius 3 is 2.38 bits per heavy atom. The summed E-state index contributed by atoms with van der Waals surface area (Å²) in [6, 6.07) is 7.16. The number of imide groups is 1. The lowest BCUT2D eigenvalue weighted by Crippen LogP contribution is -2.34. The number of carbonyl (C=O) groups is 3. The molecule has 1 heterocycles. The van der Waals surface area contributed by atoms with Gasteiger partial charge in [0.2, 0.25) is 11.8 Å². The van der Waals surface area contributed by atoms with Crippen molar-refractivity contribution in [3.05, 3.63) is 41.5 Å². The largest absolute Gasteiger partial charge is 0.478 e. The fourth-order valence-corrected chi connectivity index (χ4v) is 2.31. The van der Waals surface area contributed by atoms with Crippen molar-refractivity contribution >= 4 is 23.9 Å². The molecule has 1 aliphatic rings. The molecule has 0 spiro atoms. The molecule has 1 aromatic carbocycles. The van der Waals surface area contributed by atoms with Crippen molar-refractivity contribution in [2.75, 3.05) is 0 Å². The van der Waals surface area contributed by atoms with Gasteiger partial charge in [-0.25, -0.2) is 4.79 Å². The third-order valence-corrected chi connectivity index (χ3v) is 3.42. The third kappa shape index (κ3) is 4.02. The van der Waals surface area contributed by atoms with Crippen molar-refractivity contribution in [2.45, 2.75) is 32.2 Å². The van der Waals surface area contributed by atoms with Crippen molar-refractivity contribution < 1.29 is 19.5 Å². The van der Waals surface area contributed by atoms with Crippen LogP contribution in [0.5, 0.6) is 0 Å². The van der Waals surface area contributed by atoms with Gasteiger partial charge in [-0.2, -0.15) is 0 Å². The van der Waals surface area contributed by atoms with Gasteiger partial charge in [-0.15, -0.1) is 0 Å². The fourth-order valence-electron chi connectivity index (χ4n) is 2.31. The lowest BCUT2D eigenvalue weighted by atomic mass is 10.1. The van der Waals surface area contributed by atoms with E-state index in [0.29, 0.717) is 18.4 Å². The standard InChI is InChI=1S/C16H17NO4/c18-14-7-3-4-8-15(19)17(14)11-13-6-2-1-5-12(13)9-10-16(20)21/h1-2,5-6,9-10H,3-4,7-8,11H2,(H,20,21). The topological polar surface area (TPSA) is 74.7 Å². The van der Waals surface area contributed by atoms with Crippen LogP contribution in [0.3, 0.4) is 0 Å². The Balaban J connectivity index is 2.23. The molecule has 1 fully saturated rings. The molecule has 0 saturated carbocycles. The fraction of sp³-hybridized carbons (Fsp3) is 0.312. The maximum Gasteiger partial charge on any atom is 0.328 e. The number of amides is 2. The molecule has 110 valence electrons. The smallest absolute Gasteiger partial charge is 0.328 e. The molecule has 21 heavy (non-hydrogen) atoms. The number of rotatable bonds is 4. The van der Waals surface area contributed by atoms with Crippen molar-refractivity contribution in [3.63, 3.8) is 0 Å². The van der Waals surface area contributed by atoms with Crippen molar-refractivity contribution in [1.29, 1.82) is 0 Å². The highest BCUT2D eigenvalue weighted by Crippen LogP contribution is 2.18. The molecule has 0 radical (unpaired) electrons. The first-order valence-corrected chi connectivity index (χ1v) is 6.90. The zero-order chi connectivity index (χ0) is 15.2. The van der Waals surface area contributed by atoms with Crippen LogP contribution in [-0.2, 0) is 20.9 Å². The summed E-state index contributed by atoms with van der Waals surface area (Å²) < 4.78 is 0. The lowest BCUT2D eigenvalue weighted by molar-refractivity contribution is -0.144. The Morgan fingerprint density at radius 2 is 1.76 bits per heavy atom. The number of nitrogens with zero attached hydrogens (tertiary/aromatic N) is 1. The lowest BCUT2D eigenvalue weighted by Gasteiger charge is -2.19. The summed E-state index contributed by atoms with van der Waals surface area (Å²) >= 11 is 0. The zero-order valence-corrected chi connectivity index (χ0v) is 11.6. The molecule has 5 heteroatoms. The first-order chi connectivity index (χ1) is 10.1. The second kappa shape index (κ2) is 6.83. The van der Waals surface area contributed by atoms with Crippen molar-refractivity contribution in [2.24, 2.45) is 0 Å². The Hall–Kier alpha value is -2.43. The van der Waals surface area contributed by atoms with Crippen LogP contribution < -0.4 is 0 Å². The van der Waals surface area contributed by atoms with Crippen LogP contribution in [0.1, 0.15) is 36.8 Å². The molecule has 2 amide bonds. The summed E-state index contributed by atoms with van der Waals surface area (Å²) in [6.07, 6.45) is 4.77. The van der Waals surface area contributed by atoms with E-state index in [2.05, 4.69) is 0 Å². The molecule has 0 aliphatic carbocycles. The maximum absolute atomic E-state index is 12.0. The first kappa shape index (κ1) is 15.0. The van der Waals surface area contributed by atoms with Crippen LogP contribution in [-0.4, -0.2) is 27.8 Å². The number of carboxylic acid groups (broad SMARTS) is 1. The number of aliphatic carboxylic acids is 1. The number of benzene rings is 1. The minimum absolute atomic E-state index is 0.158. The van der Waals surface area contributed by atoms with Crippen LogP contribution in [0.2, 0.25) is 0 Å². The van der Waals surface area contributed by atoms with Crippen LogP contribution in [0, 0.1) is 0 Å². The van der Waals surface area contributed by atoms with E-state index in [1.54, 1.807) is 24.3 Å². The van der Waals surface area contributed by atoms with Gasteiger partial charge in [0, 0.05) is 18.9 Å². The normalized spacial score (nSPS) is 16.3. The molecule has 0 aromatic heterocycles. The molecule has 0 atom stereocenters. The molecular weight excluding hydrogens is 270 g/mol. The third-order valence-electron chi connectivity index (χ3n) is 3.42. The Morgan fingerprint density at radius 1 is 1.14 bits per heavy atom. The van der Waals surface area contributed by atoms with E-state index in [9.17, 15) is 14.4 Å². The number of carboxylic acids is 1. The summed E-state index contributed by atoms with van der Waals surface area (Å²) in [5.74, 6) is -1.35. The van der Waals surface area contributed by atoms with Gasteiger partial charge in [-0.3, -0.25) is 14.5 Å². The van der Waals surface area contributed by atoms with Crippen LogP contribution in [0.25, 0.3) is 6.08 Å². The SMILES string of the molecule is O=C(O)C=Cc1ccccc1CN1C(=O)CCCCC1=O. The summed E-state index contributed by atoms with van der Waals surface area (Å²) in [4.78, 5) is 35.9. The Bertz CT molecular complexity index is 574. The highest BCUT2D eigenvalue weighted by molar-refractivity contribution is 5.96. The first-order valence-electron chi connectivity index (χ1n) is 6.90. The van der Waals surface area contributed by atoms with Gasteiger partial charge in [0.15, 0.2) is 0 Å². The molecular formula is C16H17NO4. The van der Waals surface area contributed by atoms with E-state index in [0.717, 1.165) is 24.5 Å². The van der Waals surface area contributed by atoms with Crippen LogP contribution >= 0.6 is 0 Å². The van der Waals surface area contributed by atoms with Gasteiger partial charge in [-0.05, 0) is 30.0 Å². The highest BCUT2D eigenvalue weighted by Gasteiger charge is 2.24. The van der Waals surface area contributed by atoms with Crippen molar-refractivity contribution in [3.8, 4) is 0 Å². The summed E-state index contributed by atoms with van der Waals surface area (Å²) in [5.41, 5.74) is 1.46. The van der Waals surface area contributed by atoms with Crippen LogP contribution in [0.4, 0.5) is 0 Å². The quantitative estimate of drug-likeness (QED) is 0.680. The molecule has 1 saturated heterocycles. The van der Waals surface area contributed by atoms with E-state index in [1.165, 1.54) is 11.0 Å². The highest BCUT2D eigenvalue weighted by atomic mass is 16.4. The number of likely N-dealkylation sites (tertiary alicyclic amines) is 1. The average molecular weight is 287 g/mol. The van der Waals surface area contributed by atoms with Crippen molar-refractivity contribution in [1.82, 2.24) is 4.90 Å². The molecule has 2 rings (SSSR count). The molecule has 1 aromatic rings. The number of hydrogen-bond acceptors (Lipinski definition) is 3. The minimum Gasteiger partial charge on any atom is -0.478 e. The number of carbonyl (C=O) groups excluding carboxylic acids is 2. The molecule has 0 bridgehead atoms. The van der Waals surface area contributed by atoms with Gasteiger partial charge < -0.3 is 5.11 Å². The molecule has 1 aliphatic heterocycles. The maximum atomic E-state index is 12.0. The second-order valence-electron chi connectivity index (χ2n) is 4.95. The summed E-state index contributed by atoms with van der Waals surface area (Å²) in [5, 5.41) is 8.70.